The summed E-state index contributed by atoms with van der Waals surface area (Å²) in [5, 5.41) is 3.24. The van der Waals surface area contributed by atoms with Gasteiger partial charge >= 0.3 is 0 Å². The molecule has 1 fully saturated rings. The molecule has 0 radical (unpaired) electrons. The first-order valence-corrected chi connectivity index (χ1v) is 7.46. The molecule has 0 aromatic carbocycles. The van der Waals surface area contributed by atoms with Crippen LogP contribution in [-0.4, -0.2) is 37.3 Å². The molecule has 1 atom stereocenters. The van der Waals surface area contributed by atoms with Crippen LogP contribution in [0.15, 0.2) is 12.3 Å². The number of halogens is 1. The molecule has 0 saturated carbocycles. The summed E-state index contributed by atoms with van der Waals surface area (Å²) in [5.74, 6) is 0.271. The van der Waals surface area contributed by atoms with Gasteiger partial charge in [0, 0.05) is 24.8 Å². The van der Waals surface area contributed by atoms with Gasteiger partial charge in [0.25, 0.3) is 0 Å². The lowest BCUT2D eigenvalue weighted by Gasteiger charge is -2.36. The van der Waals surface area contributed by atoms with Gasteiger partial charge < -0.3 is 15.0 Å². The molecular weight excluding hydrogens is 257 g/mol. The Morgan fingerprint density at radius 3 is 3.10 bits per heavy atom. The van der Waals surface area contributed by atoms with Crippen molar-refractivity contribution in [2.45, 2.75) is 39.3 Å². The topological polar surface area (TPSA) is 37.4 Å². The Hall–Kier alpha value is -1.20. The molecule has 0 bridgehead atoms. The predicted octanol–water partition coefficient (Wildman–Crippen LogP) is 2.34. The van der Waals surface area contributed by atoms with Crippen molar-refractivity contribution in [3.63, 3.8) is 0 Å². The zero-order valence-corrected chi connectivity index (χ0v) is 12.4. The van der Waals surface area contributed by atoms with Gasteiger partial charge in [-0.15, -0.1) is 0 Å². The molecule has 0 aliphatic carbocycles. The van der Waals surface area contributed by atoms with E-state index in [-0.39, 0.29) is 11.9 Å². The average molecular weight is 281 g/mol. The fourth-order valence-corrected chi connectivity index (χ4v) is 2.48. The normalized spacial score (nSPS) is 19.4. The molecule has 1 aliphatic heterocycles. The van der Waals surface area contributed by atoms with Crippen LogP contribution in [0.25, 0.3) is 0 Å². The van der Waals surface area contributed by atoms with Crippen LogP contribution in [0, 0.1) is 5.82 Å². The van der Waals surface area contributed by atoms with Crippen molar-refractivity contribution >= 4 is 5.82 Å². The minimum absolute atomic E-state index is 0.198. The zero-order valence-electron chi connectivity index (χ0n) is 12.4. The number of nitrogens with one attached hydrogen (secondary N) is 1. The first-order valence-electron chi connectivity index (χ1n) is 7.46. The van der Waals surface area contributed by atoms with E-state index in [0.717, 1.165) is 19.4 Å². The van der Waals surface area contributed by atoms with Crippen molar-refractivity contribution in [1.82, 2.24) is 10.3 Å². The molecule has 20 heavy (non-hydrogen) atoms. The molecular formula is C15H24FN3O. The molecule has 2 heterocycles. The zero-order chi connectivity index (χ0) is 14.4. The quantitative estimate of drug-likeness (QED) is 0.812. The van der Waals surface area contributed by atoms with Gasteiger partial charge in [-0.05, 0) is 25.5 Å². The lowest BCUT2D eigenvalue weighted by molar-refractivity contribution is 0.0921. The van der Waals surface area contributed by atoms with Gasteiger partial charge in [0.2, 0.25) is 0 Å². The van der Waals surface area contributed by atoms with E-state index in [4.69, 9.17) is 4.74 Å². The number of ether oxygens (including phenoxy) is 1. The van der Waals surface area contributed by atoms with Gasteiger partial charge in [-0.3, -0.25) is 0 Å². The van der Waals surface area contributed by atoms with E-state index < -0.39 is 0 Å². The first-order chi connectivity index (χ1) is 9.77. The van der Waals surface area contributed by atoms with Crippen molar-refractivity contribution in [1.29, 1.82) is 0 Å². The molecule has 1 saturated heterocycles. The second-order valence-electron chi connectivity index (χ2n) is 5.11. The van der Waals surface area contributed by atoms with Gasteiger partial charge in [0.1, 0.15) is 0 Å². The molecule has 5 heteroatoms. The summed E-state index contributed by atoms with van der Waals surface area (Å²) < 4.78 is 20.1. The highest BCUT2D eigenvalue weighted by Gasteiger charge is 2.25. The Labute approximate surface area is 120 Å². The maximum Gasteiger partial charge on any atom is 0.170 e. The number of rotatable bonds is 6. The van der Waals surface area contributed by atoms with E-state index in [1.54, 1.807) is 12.3 Å². The van der Waals surface area contributed by atoms with Crippen molar-refractivity contribution in [3.8, 4) is 0 Å². The lowest BCUT2D eigenvalue weighted by Crippen LogP contribution is -2.46. The Balaban J connectivity index is 2.16. The third-order valence-electron chi connectivity index (χ3n) is 3.66. The monoisotopic (exact) mass is 281 g/mol. The summed E-state index contributed by atoms with van der Waals surface area (Å²) in [6.45, 7) is 7.63. The summed E-state index contributed by atoms with van der Waals surface area (Å²) >= 11 is 0. The molecule has 1 aromatic rings. The summed E-state index contributed by atoms with van der Waals surface area (Å²) in [4.78, 5) is 6.30. The van der Waals surface area contributed by atoms with Gasteiger partial charge in [-0.1, -0.05) is 13.8 Å². The highest BCUT2D eigenvalue weighted by Crippen LogP contribution is 2.24. The van der Waals surface area contributed by atoms with E-state index in [1.807, 2.05) is 4.90 Å². The second-order valence-corrected chi connectivity index (χ2v) is 5.11. The van der Waals surface area contributed by atoms with Gasteiger partial charge in [-0.2, -0.15) is 0 Å². The van der Waals surface area contributed by atoms with Gasteiger partial charge in [0.15, 0.2) is 11.6 Å². The summed E-state index contributed by atoms with van der Waals surface area (Å²) in [7, 11) is 0. The van der Waals surface area contributed by atoms with Crippen molar-refractivity contribution in [3.05, 3.63) is 23.6 Å². The molecule has 0 spiro atoms. The van der Waals surface area contributed by atoms with Gasteiger partial charge in [-0.25, -0.2) is 9.37 Å². The van der Waals surface area contributed by atoms with Crippen molar-refractivity contribution < 1.29 is 9.13 Å². The predicted molar refractivity (Wildman–Crippen MR) is 78.4 cm³/mol. The molecule has 2 rings (SSSR count). The number of hydrogen-bond donors (Lipinski definition) is 1. The molecule has 4 nitrogen and oxygen atoms in total. The second kappa shape index (κ2) is 7.55. The van der Waals surface area contributed by atoms with E-state index in [9.17, 15) is 4.39 Å². The largest absolute Gasteiger partial charge is 0.377 e. The molecule has 1 N–H and O–H groups in total. The third-order valence-corrected chi connectivity index (χ3v) is 3.66. The lowest BCUT2D eigenvalue weighted by atomic mass is 10.1. The van der Waals surface area contributed by atoms with Crippen LogP contribution in [0.1, 0.15) is 32.3 Å². The first kappa shape index (κ1) is 15.2. The Morgan fingerprint density at radius 1 is 1.50 bits per heavy atom. The number of aromatic nitrogens is 1. The van der Waals surface area contributed by atoms with Crippen molar-refractivity contribution in [2.75, 3.05) is 31.2 Å². The smallest absolute Gasteiger partial charge is 0.170 e. The number of morpholine rings is 1. The van der Waals surface area contributed by atoms with Crippen LogP contribution in [0.5, 0.6) is 0 Å². The van der Waals surface area contributed by atoms with E-state index in [0.29, 0.717) is 37.7 Å². The standard InChI is InChI=1S/C15H24FN3O/c1-3-6-17-10-12-5-7-18-15(14(12)16)19-8-9-20-11-13(19)4-2/h5,7,13,17H,3-4,6,8-11H2,1-2H3. The Kier molecular flexibility index (Phi) is 5.73. The van der Waals surface area contributed by atoms with Crippen LogP contribution < -0.4 is 10.2 Å². The molecule has 1 aromatic heterocycles. The maximum atomic E-state index is 14.6. The minimum atomic E-state index is -0.198. The number of pyridine rings is 1. The van der Waals surface area contributed by atoms with Crippen LogP contribution in [0.3, 0.4) is 0 Å². The summed E-state index contributed by atoms with van der Waals surface area (Å²) in [5.41, 5.74) is 0.685. The molecule has 0 amide bonds. The van der Waals surface area contributed by atoms with E-state index in [1.165, 1.54) is 0 Å². The van der Waals surface area contributed by atoms with Crippen molar-refractivity contribution in [2.24, 2.45) is 0 Å². The SMILES string of the molecule is CCCNCc1ccnc(N2CCOCC2CC)c1F. The molecule has 1 unspecified atom stereocenters. The maximum absolute atomic E-state index is 14.6. The summed E-state index contributed by atoms with van der Waals surface area (Å²) in [6, 6.07) is 1.97. The highest BCUT2D eigenvalue weighted by atomic mass is 19.1. The van der Waals surface area contributed by atoms with Crippen LogP contribution in [-0.2, 0) is 11.3 Å². The fourth-order valence-electron chi connectivity index (χ4n) is 2.48. The fraction of sp³-hybridized carbons (Fsp3) is 0.667. The Morgan fingerprint density at radius 2 is 2.35 bits per heavy atom. The van der Waals surface area contributed by atoms with Crippen LogP contribution in [0.4, 0.5) is 10.2 Å². The van der Waals surface area contributed by atoms with E-state index >= 15 is 0 Å². The third kappa shape index (κ3) is 3.46. The molecule has 1 aliphatic rings. The van der Waals surface area contributed by atoms with Crippen LogP contribution >= 0.6 is 0 Å². The molecule has 112 valence electrons. The number of anilines is 1. The number of hydrogen-bond acceptors (Lipinski definition) is 4. The average Bonchev–Trinajstić information content (AvgIpc) is 2.49. The summed E-state index contributed by atoms with van der Waals surface area (Å²) in [6.07, 6.45) is 3.67. The number of nitrogens with zero attached hydrogens (tertiary/aromatic N) is 2. The van der Waals surface area contributed by atoms with E-state index in [2.05, 4.69) is 24.1 Å². The van der Waals surface area contributed by atoms with Crippen LogP contribution in [0.2, 0.25) is 0 Å². The Bertz CT molecular complexity index is 428. The van der Waals surface area contributed by atoms with Gasteiger partial charge in [0.05, 0.1) is 19.3 Å². The highest BCUT2D eigenvalue weighted by molar-refractivity contribution is 5.44. The minimum Gasteiger partial charge on any atom is -0.377 e.